The number of nitrogens with one attached hydrogen (secondary N) is 1. The summed E-state index contributed by atoms with van der Waals surface area (Å²) in [5.41, 5.74) is 1.01. The zero-order valence-electron chi connectivity index (χ0n) is 8.77. The minimum atomic E-state index is -0.779. The Labute approximate surface area is 102 Å². The van der Waals surface area contributed by atoms with E-state index < -0.39 is 5.97 Å². The van der Waals surface area contributed by atoms with Gasteiger partial charge in [0.05, 0.1) is 0 Å². The van der Waals surface area contributed by atoms with E-state index in [1.165, 1.54) is 10.8 Å². The second kappa shape index (κ2) is 6.51. The number of rotatable bonds is 6. The fraction of sp³-hybridized carbons (Fsp3) is 0.400. The van der Waals surface area contributed by atoms with Gasteiger partial charge in [0.25, 0.3) is 0 Å². The molecule has 1 atom stereocenters. The van der Waals surface area contributed by atoms with Gasteiger partial charge in [-0.1, -0.05) is 6.92 Å². The van der Waals surface area contributed by atoms with Crippen LogP contribution in [0, 0.1) is 10.7 Å². The lowest BCUT2D eigenvalue weighted by Gasteiger charge is -2.10. The molecule has 86 valence electrons. The second-order valence-corrected chi connectivity index (χ2v) is 5.30. The molecule has 6 heteroatoms. The van der Waals surface area contributed by atoms with E-state index in [-0.39, 0.29) is 12.3 Å². The first-order valence-electron chi connectivity index (χ1n) is 4.76. The number of carbonyl (C=O) groups is 1. The molecule has 0 fully saturated rings. The summed E-state index contributed by atoms with van der Waals surface area (Å²) >= 11 is 0. The van der Waals surface area contributed by atoms with Gasteiger partial charge in [0.2, 0.25) is 0 Å². The van der Waals surface area contributed by atoms with Crippen molar-refractivity contribution in [2.45, 2.75) is 30.6 Å². The summed E-state index contributed by atoms with van der Waals surface area (Å²) in [5.74, 6) is -0.619. The van der Waals surface area contributed by atoms with Gasteiger partial charge in [-0.3, -0.25) is 4.79 Å². The maximum Gasteiger partial charge on any atom is 0.303 e. The van der Waals surface area contributed by atoms with Crippen molar-refractivity contribution in [2.75, 3.05) is 0 Å². The van der Waals surface area contributed by atoms with E-state index in [4.69, 9.17) is 10.4 Å². The number of hydrogen-bond acceptors (Lipinski definition) is 4. The first-order chi connectivity index (χ1) is 7.65. The zero-order chi connectivity index (χ0) is 12.0. The summed E-state index contributed by atoms with van der Waals surface area (Å²) in [6.07, 6.45) is 2.57. The first kappa shape index (κ1) is 13.0. The third kappa shape index (κ3) is 3.83. The van der Waals surface area contributed by atoms with E-state index in [1.54, 1.807) is 0 Å². The van der Waals surface area contributed by atoms with Crippen LogP contribution in [0.4, 0.5) is 0 Å². The standard InChI is InChI=1S/C10H12N2O2S2/c1-7(2-3-9(13)14)10-8(4-5-12-10)16-15-6-11/h4-5,7,12H,2-3H2,1H3,(H,13,14). The van der Waals surface area contributed by atoms with Crippen molar-refractivity contribution in [3.63, 3.8) is 0 Å². The molecular weight excluding hydrogens is 244 g/mol. The number of nitriles is 1. The van der Waals surface area contributed by atoms with E-state index >= 15 is 0 Å². The number of carboxylic acids is 1. The zero-order valence-corrected chi connectivity index (χ0v) is 10.4. The summed E-state index contributed by atoms with van der Waals surface area (Å²) < 4.78 is 0. The molecule has 1 unspecified atom stereocenters. The minimum absolute atomic E-state index is 0.160. The first-order valence-corrected chi connectivity index (χ1v) is 6.91. The van der Waals surface area contributed by atoms with Gasteiger partial charge in [-0.15, -0.1) is 0 Å². The van der Waals surface area contributed by atoms with E-state index in [2.05, 4.69) is 4.98 Å². The SMILES string of the molecule is CC(CCC(=O)O)c1[nH]ccc1SSC#N. The summed E-state index contributed by atoms with van der Waals surface area (Å²) in [7, 11) is 2.50. The lowest BCUT2D eigenvalue weighted by atomic mass is 10.0. The highest BCUT2D eigenvalue weighted by atomic mass is 33.1. The molecule has 0 saturated carbocycles. The van der Waals surface area contributed by atoms with Gasteiger partial charge in [0.15, 0.2) is 0 Å². The van der Waals surface area contributed by atoms with Crippen molar-refractivity contribution >= 4 is 27.6 Å². The molecule has 1 aromatic heterocycles. The Hall–Kier alpha value is -1.06. The maximum atomic E-state index is 10.5. The number of thiocyanates is 1. The Morgan fingerprint density at radius 1 is 1.75 bits per heavy atom. The lowest BCUT2D eigenvalue weighted by Crippen LogP contribution is -2.01. The molecule has 2 N–H and O–H groups in total. The highest BCUT2D eigenvalue weighted by Gasteiger charge is 2.13. The number of aromatic nitrogens is 1. The molecule has 1 rings (SSSR count). The van der Waals surface area contributed by atoms with E-state index in [1.807, 2.05) is 24.6 Å². The Morgan fingerprint density at radius 3 is 3.12 bits per heavy atom. The van der Waals surface area contributed by atoms with Gasteiger partial charge in [0, 0.05) is 34.0 Å². The molecule has 1 heterocycles. The third-order valence-corrected chi connectivity index (χ3v) is 3.90. The topological polar surface area (TPSA) is 76.9 Å². The highest BCUT2D eigenvalue weighted by Crippen LogP contribution is 2.36. The molecule has 0 saturated heterocycles. The number of hydrogen-bond donors (Lipinski definition) is 2. The van der Waals surface area contributed by atoms with Crippen molar-refractivity contribution < 1.29 is 9.90 Å². The van der Waals surface area contributed by atoms with Crippen LogP contribution in [-0.2, 0) is 4.79 Å². The molecule has 16 heavy (non-hydrogen) atoms. The molecule has 4 nitrogen and oxygen atoms in total. The Morgan fingerprint density at radius 2 is 2.50 bits per heavy atom. The van der Waals surface area contributed by atoms with Gasteiger partial charge in [-0.2, -0.15) is 5.26 Å². The minimum Gasteiger partial charge on any atom is -0.481 e. The van der Waals surface area contributed by atoms with Gasteiger partial charge >= 0.3 is 5.97 Å². The molecule has 0 aliphatic carbocycles. The van der Waals surface area contributed by atoms with Crippen LogP contribution in [0.25, 0.3) is 0 Å². The van der Waals surface area contributed by atoms with Gasteiger partial charge in [-0.05, 0) is 29.2 Å². The third-order valence-electron chi connectivity index (χ3n) is 2.19. The van der Waals surface area contributed by atoms with Crippen LogP contribution in [0.15, 0.2) is 17.2 Å². The number of carboxylic acid groups (broad SMARTS) is 1. The fourth-order valence-electron chi connectivity index (χ4n) is 1.37. The van der Waals surface area contributed by atoms with Crippen LogP contribution in [-0.4, -0.2) is 16.1 Å². The van der Waals surface area contributed by atoms with Crippen molar-refractivity contribution in [1.29, 1.82) is 5.26 Å². The van der Waals surface area contributed by atoms with Crippen molar-refractivity contribution in [3.8, 4) is 5.40 Å². The number of aromatic amines is 1. The molecule has 1 aromatic rings. The van der Waals surface area contributed by atoms with Crippen molar-refractivity contribution in [2.24, 2.45) is 0 Å². The van der Waals surface area contributed by atoms with Crippen LogP contribution in [0.3, 0.4) is 0 Å². The van der Waals surface area contributed by atoms with Crippen LogP contribution in [0.2, 0.25) is 0 Å². The van der Waals surface area contributed by atoms with E-state index in [9.17, 15) is 4.79 Å². The molecule has 0 radical (unpaired) electrons. The lowest BCUT2D eigenvalue weighted by molar-refractivity contribution is -0.137. The molecule has 0 spiro atoms. The van der Waals surface area contributed by atoms with Gasteiger partial charge in [0.1, 0.15) is 5.40 Å². The number of nitrogens with zero attached hydrogens (tertiary/aromatic N) is 1. The normalized spacial score (nSPS) is 12.0. The predicted molar refractivity (Wildman–Crippen MR) is 65.1 cm³/mol. The predicted octanol–water partition coefficient (Wildman–Crippen LogP) is 3.20. The largest absolute Gasteiger partial charge is 0.481 e. The smallest absolute Gasteiger partial charge is 0.303 e. The average molecular weight is 256 g/mol. The van der Waals surface area contributed by atoms with Crippen LogP contribution in [0.5, 0.6) is 0 Å². The number of H-pyrrole nitrogens is 1. The molecule has 0 bridgehead atoms. The Bertz CT molecular complexity index is 398. The summed E-state index contributed by atoms with van der Waals surface area (Å²) in [5, 5.41) is 19.1. The summed E-state index contributed by atoms with van der Waals surface area (Å²) in [6.45, 7) is 1.98. The monoisotopic (exact) mass is 256 g/mol. The van der Waals surface area contributed by atoms with Crippen molar-refractivity contribution in [1.82, 2.24) is 4.98 Å². The Kier molecular flexibility index (Phi) is 5.29. The van der Waals surface area contributed by atoms with Crippen LogP contribution < -0.4 is 0 Å². The second-order valence-electron chi connectivity index (χ2n) is 3.35. The van der Waals surface area contributed by atoms with E-state index in [0.29, 0.717) is 6.42 Å². The fourth-order valence-corrected chi connectivity index (χ4v) is 2.79. The average Bonchev–Trinajstić information content (AvgIpc) is 2.71. The molecule has 0 amide bonds. The van der Waals surface area contributed by atoms with Gasteiger partial charge in [-0.25, -0.2) is 0 Å². The quantitative estimate of drug-likeness (QED) is 0.603. The summed E-state index contributed by atoms with van der Waals surface area (Å²) in [6, 6.07) is 1.90. The molecular formula is C10H12N2O2S2. The van der Waals surface area contributed by atoms with E-state index in [0.717, 1.165) is 21.4 Å². The van der Waals surface area contributed by atoms with Crippen LogP contribution >= 0.6 is 21.6 Å². The maximum absolute atomic E-state index is 10.5. The summed E-state index contributed by atoms with van der Waals surface area (Å²) in [4.78, 5) is 14.6. The van der Waals surface area contributed by atoms with Gasteiger partial charge < -0.3 is 10.1 Å². The molecule has 0 aliphatic heterocycles. The van der Waals surface area contributed by atoms with Crippen LogP contribution in [0.1, 0.15) is 31.4 Å². The number of aliphatic carboxylic acids is 1. The van der Waals surface area contributed by atoms with Crippen molar-refractivity contribution in [3.05, 3.63) is 18.0 Å². The Balaban J connectivity index is 2.60. The highest BCUT2D eigenvalue weighted by molar-refractivity contribution is 8.78. The molecule has 0 aliphatic rings. The molecule has 0 aromatic carbocycles.